The number of rotatable bonds is 1. The van der Waals surface area contributed by atoms with E-state index >= 15 is 0 Å². The van der Waals surface area contributed by atoms with Crippen LogP contribution in [0.5, 0.6) is 5.75 Å². The topological polar surface area (TPSA) is 35.3 Å². The number of aryl methyl sites for hydroxylation is 1. The van der Waals surface area contributed by atoms with Crippen molar-refractivity contribution in [1.82, 2.24) is 4.98 Å². The maximum atomic E-state index is 5.11. The monoisotopic (exact) mass is 162 g/mol. The molecule has 1 aromatic heterocycles. The minimum atomic E-state index is 0.656. The maximum Gasteiger partial charge on any atom is 0.284 e. The molecular formula is C9H8NO2. The molecule has 0 N–H and O–H groups in total. The fourth-order valence-corrected chi connectivity index (χ4v) is 1.18. The molecule has 61 valence electrons. The SMILES string of the molecule is COc1cc(C)cc2n[c]oc12. The summed E-state index contributed by atoms with van der Waals surface area (Å²) in [4.78, 5) is 3.92. The fraction of sp³-hybridized carbons (Fsp3) is 0.222. The molecule has 2 aromatic rings. The number of aromatic nitrogens is 1. The summed E-state index contributed by atoms with van der Waals surface area (Å²) >= 11 is 0. The molecule has 0 saturated heterocycles. The lowest BCUT2D eigenvalue weighted by molar-refractivity contribution is 0.409. The van der Waals surface area contributed by atoms with Crippen LogP contribution in [0.4, 0.5) is 0 Å². The lowest BCUT2D eigenvalue weighted by Crippen LogP contribution is -1.84. The third-order valence-corrected chi connectivity index (χ3v) is 1.71. The highest BCUT2D eigenvalue weighted by Gasteiger charge is 2.06. The number of ether oxygens (including phenoxy) is 1. The number of fused-ring (bicyclic) bond motifs is 1. The van der Waals surface area contributed by atoms with Crippen LogP contribution in [-0.2, 0) is 0 Å². The molecule has 0 fully saturated rings. The van der Waals surface area contributed by atoms with Crippen molar-refractivity contribution in [2.45, 2.75) is 6.92 Å². The summed E-state index contributed by atoms with van der Waals surface area (Å²) in [5.74, 6) is 0.707. The van der Waals surface area contributed by atoms with Crippen LogP contribution in [0.1, 0.15) is 5.56 Å². The predicted molar refractivity (Wildman–Crippen MR) is 44.1 cm³/mol. The Morgan fingerprint density at radius 1 is 1.50 bits per heavy atom. The first-order valence-corrected chi connectivity index (χ1v) is 3.62. The van der Waals surface area contributed by atoms with E-state index in [0.717, 1.165) is 11.1 Å². The Bertz CT molecular complexity index is 406. The molecule has 0 unspecified atom stereocenters. The Morgan fingerprint density at radius 2 is 2.33 bits per heavy atom. The zero-order valence-corrected chi connectivity index (χ0v) is 6.92. The normalized spacial score (nSPS) is 10.5. The van der Waals surface area contributed by atoms with E-state index in [2.05, 4.69) is 11.4 Å². The Hall–Kier alpha value is -1.51. The van der Waals surface area contributed by atoms with Crippen molar-refractivity contribution in [3.05, 3.63) is 24.1 Å². The summed E-state index contributed by atoms with van der Waals surface area (Å²) in [5, 5.41) is 0. The molecule has 2 rings (SSSR count). The molecule has 1 radical (unpaired) electrons. The van der Waals surface area contributed by atoms with Gasteiger partial charge in [0.05, 0.1) is 7.11 Å². The van der Waals surface area contributed by atoms with E-state index < -0.39 is 0 Å². The van der Waals surface area contributed by atoms with Crippen molar-refractivity contribution >= 4 is 11.1 Å². The van der Waals surface area contributed by atoms with Crippen molar-refractivity contribution in [1.29, 1.82) is 0 Å². The van der Waals surface area contributed by atoms with E-state index in [1.807, 2.05) is 19.1 Å². The minimum absolute atomic E-state index is 0.656. The van der Waals surface area contributed by atoms with E-state index in [0.29, 0.717) is 11.3 Å². The number of benzene rings is 1. The van der Waals surface area contributed by atoms with Gasteiger partial charge < -0.3 is 9.15 Å². The molecule has 0 spiro atoms. The van der Waals surface area contributed by atoms with E-state index in [9.17, 15) is 0 Å². The molecule has 0 saturated carbocycles. The Kier molecular flexibility index (Phi) is 1.50. The molecule has 12 heavy (non-hydrogen) atoms. The first-order chi connectivity index (χ1) is 5.81. The molecule has 1 aromatic carbocycles. The van der Waals surface area contributed by atoms with Crippen LogP contribution in [0.25, 0.3) is 11.1 Å². The summed E-state index contributed by atoms with van der Waals surface area (Å²) in [6.07, 6.45) is 2.43. The molecule has 3 heteroatoms. The number of methoxy groups -OCH3 is 1. The second-order valence-electron chi connectivity index (χ2n) is 2.62. The zero-order chi connectivity index (χ0) is 8.55. The van der Waals surface area contributed by atoms with Crippen LogP contribution < -0.4 is 4.74 Å². The summed E-state index contributed by atoms with van der Waals surface area (Å²) in [7, 11) is 1.61. The molecular weight excluding hydrogens is 154 g/mol. The van der Waals surface area contributed by atoms with Gasteiger partial charge in [-0.15, -0.1) is 0 Å². The second-order valence-corrected chi connectivity index (χ2v) is 2.62. The number of nitrogens with zero attached hydrogens (tertiary/aromatic N) is 1. The summed E-state index contributed by atoms with van der Waals surface area (Å²) in [6, 6.07) is 3.83. The molecule has 0 amide bonds. The highest BCUT2D eigenvalue weighted by atomic mass is 16.5. The minimum Gasteiger partial charge on any atom is -0.493 e. The smallest absolute Gasteiger partial charge is 0.284 e. The lowest BCUT2D eigenvalue weighted by Gasteiger charge is -2.00. The van der Waals surface area contributed by atoms with Crippen LogP contribution in [0.2, 0.25) is 0 Å². The molecule has 3 nitrogen and oxygen atoms in total. The van der Waals surface area contributed by atoms with E-state index in [-0.39, 0.29) is 0 Å². The molecule has 0 atom stereocenters. The van der Waals surface area contributed by atoms with Crippen molar-refractivity contribution in [2.24, 2.45) is 0 Å². The Morgan fingerprint density at radius 3 is 3.08 bits per heavy atom. The number of hydrogen-bond donors (Lipinski definition) is 0. The quantitative estimate of drug-likeness (QED) is 0.642. The highest BCUT2D eigenvalue weighted by Crippen LogP contribution is 2.25. The number of oxazole rings is 1. The van der Waals surface area contributed by atoms with Gasteiger partial charge >= 0.3 is 0 Å². The van der Waals surface area contributed by atoms with Crippen LogP contribution in [-0.4, -0.2) is 12.1 Å². The largest absolute Gasteiger partial charge is 0.493 e. The number of hydrogen-bond acceptors (Lipinski definition) is 3. The van der Waals surface area contributed by atoms with E-state index in [1.165, 1.54) is 0 Å². The van der Waals surface area contributed by atoms with Crippen molar-refractivity contribution in [2.75, 3.05) is 7.11 Å². The van der Waals surface area contributed by atoms with Crippen LogP contribution in [0.3, 0.4) is 0 Å². The summed E-state index contributed by atoms with van der Waals surface area (Å²) < 4.78 is 10.1. The van der Waals surface area contributed by atoms with E-state index in [4.69, 9.17) is 9.15 Å². The lowest BCUT2D eigenvalue weighted by atomic mass is 10.2. The van der Waals surface area contributed by atoms with Crippen molar-refractivity contribution in [3.8, 4) is 5.75 Å². The van der Waals surface area contributed by atoms with E-state index in [1.54, 1.807) is 7.11 Å². The van der Waals surface area contributed by atoms with Gasteiger partial charge in [-0.3, -0.25) is 0 Å². The van der Waals surface area contributed by atoms with Gasteiger partial charge in [0.1, 0.15) is 5.52 Å². The molecule has 0 aliphatic carbocycles. The standard InChI is InChI=1S/C9H8NO2/c1-6-3-7-9(12-5-10-7)8(4-6)11-2/h3-4H,1-2H3. The Balaban J connectivity index is 2.80. The third-order valence-electron chi connectivity index (χ3n) is 1.71. The van der Waals surface area contributed by atoms with Crippen molar-refractivity contribution in [3.63, 3.8) is 0 Å². The molecule has 1 heterocycles. The van der Waals surface area contributed by atoms with Gasteiger partial charge in [-0.05, 0) is 24.6 Å². The van der Waals surface area contributed by atoms with Gasteiger partial charge in [0.15, 0.2) is 11.3 Å². The van der Waals surface area contributed by atoms with Crippen LogP contribution in [0, 0.1) is 13.3 Å². The van der Waals surface area contributed by atoms with Gasteiger partial charge in [-0.25, -0.2) is 4.98 Å². The maximum absolute atomic E-state index is 5.11. The van der Waals surface area contributed by atoms with Gasteiger partial charge in [0, 0.05) is 0 Å². The molecule has 0 aliphatic heterocycles. The van der Waals surface area contributed by atoms with Gasteiger partial charge in [0.2, 0.25) is 0 Å². The summed E-state index contributed by atoms with van der Waals surface area (Å²) in [5.41, 5.74) is 2.54. The zero-order valence-electron chi connectivity index (χ0n) is 6.92. The average Bonchev–Trinajstić information content (AvgIpc) is 2.50. The highest BCUT2D eigenvalue weighted by molar-refractivity contribution is 5.79. The average molecular weight is 162 g/mol. The van der Waals surface area contributed by atoms with Crippen LogP contribution in [0.15, 0.2) is 16.5 Å². The van der Waals surface area contributed by atoms with Gasteiger partial charge in [0.25, 0.3) is 6.39 Å². The Labute approximate surface area is 70.0 Å². The van der Waals surface area contributed by atoms with Gasteiger partial charge in [-0.1, -0.05) is 0 Å². The van der Waals surface area contributed by atoms with Crippen molar-refractivity contribution < 1.29 is 9.15 Å². The first kappa shape index (κ1) is 7.16. The third kappa shape index (κ3) is 0.942. The molecule has 0 aliphatic rings. The predicted octanol–water partition coefficient (Wildman–Crippen LogP) is 1.95. The second kappa shape index (κ2) is 2.52. The summed E-state index contributed by atoms with van der Waals surface area (Å²) in [6.45, 7) is 1.98. The van der Waals surface area contributed by atoms with Crippen LogP contribution >= 0.6 is 0 Å². The van der Waals surface area contributed by atoms with Gasteiger partial charge in [-0.2, -0.15) is 0 Å². The first-order valence-electron chi connectivity index (χ1n) is 3.62. The molecule has 0 bridgehead atoms. The fourth-order valence-electron chi connectivity index (χ4n) is 1.18.